The van der Waals surface area contributed by atoms with E-state index in [4.69, 9.17) is 0 Å². The van der Waals surface area contributed by atoms with Gasteiger partial charge >= 0.3 is 0 Å². The van der Waals surface area contributed by atoms with Gasteiger partial charge in [-0.3, -0.25) is 0 Å². The van der Waals surface area contributed by atoms with Gasteiger partial charge in [-0.25, -0.2) is 0 Å². The fraction of sp³-hybridized carbons (Fsp3) is 1.00. The Labute approximate surface area is 99.8 Å². The van der Waals surface area contributed by atoms with Crippen molar-refractivity contribution in [2.45, 2.75) is 51.5 Å². The molecule has 3 atom stereocenters. The number of hydrogen-bond donors (Lipinski definition) is 1. The smallest absolute Gasteiger partial charge is 0.00925 e. The number of nitrogens with one attached hydrogen (secondary N) is 1. The standard InChI is InChI=1S/C13H27NS/c1-4-11-7-8-13(14-2)12(10-11)6-5-9-15-3/h11-14H,4-10H2,1-3H3. The zero-order valence-electron chi connectivity index (χ0n) is 10.6. The normalized spacial score (nSPS) is 31.8. The molecule has 0 aromatic heterocycles. The van der Waals surface area contributed by atoms with Gasteiger partial charge in [0.25, 0.3) is 0 Å². The van der Waals surface area contributed by atoms with Crippen molar-refractivity contribution in [2.75, 3.05) is 19.1 Å². The van der Waals surface area contributed by atoms with Gasteiger partial charge in [0.05, 0.1) is 0 Å². The first-order valence-corrected chi connectivity index (χ1v) is 7.87. The van der Waals surface area contributed by atoms with Crippen LogP contribution in [-0.4, -0.2) is 25.1 Å². The molecule has 1 N–H and O–H groups in total. The molecule has 1 aliphatic rings. The lowest BCUT2D eigenvalue weighted by Gasteiger charge is -2.36. The highest BCUT2D eigenvalue weighted by atomic mass is 32.2. The molecule has 1 rings (SSSR count). The van der Waals surface area contributed by atoms with Crippen molar-refractivity contribution >= 4 is 11.8 Å². The lowest BCUT2D eigenvalue weighted by Crippen LogP contribution is -2.38. The van der Waals surface area contributed by atoms with E-state index in [-0.39, 0.29) is 0 Å². The fourth-order valence-electron chi connectivity index (χ4n) is 2.92. The van der Waals surface area contributed by atoms with E-state index >= 15 is 0 Å². The summed E-state index contributed by atoms with van der Waals surface area (Å²) >= 11 is 1.99. The highest BCUT2D eigenvalue weighted by molar-refractivity contribution is 7.98. The summed E-state index contributed by atoms with van der Waals surface area (Å²) in [6, 6.07) is 0.801. The third-order valence-electron chi connectivity index (χ3n) is 3.96. The molecule has 1 nitrogen and oxygen atoms in total. The van der Waals surface area contributed by atoms with Crippen molar-refractivity contribution < 1.29 is 0 Å². The van der Waals surface area contributed by atoms with Gasteiger partial charge in [0, 0.05) is 6.04 Å². The Morgan fingerprint density at radius 1 is 1.33 bits per heavy atom. The van der Waals surface area contributed by atoms with E-state index in [1.54, 1.807) is 0 Å². The van der Waals surface area contributed by atoms with Crippen LogP contribution in [0.15, 0.2) is 0 Å². The van der Waals surface area contributed by atoms with Gasteiger partial charge in [-0.1, -0.05) is 13.3 Å². The molecular weight excluding hydrogens is 202 g/mol. The van der Waals surface area contributed by atoms with Crippen molar-refractivity contribution in [1.82, 2.24) is 5.32 Å². The maximum absolute atomic E-state index is 3.52. The lowest BCUT2D eigenvalue weighted by molar-refractivity contribution is 0.196. The summed E-state index contributed by atoms with van der Waals surface area (Å²) in [5, 5.41) is 3.52. The highest BCUT2D eigenvalue weighted by Crippen LogP contribution is 2.33. The van der Waals surface area contributed by atoms with E-state index in [0.29, 0.717) is 0 Å². The van der Waals surface area contributed by atoms with Crippen molar-refractivity contribution in [3.05, 3.63) is 0 Å². The molecule has 0 radical (unpaired) electrons. The minimum atomic E-state index is 0.801. The largest absolute Gasteiger partial charge is 0.317 e. The Bertz CT molecular complexity index is 161. The molecule has 90 valence electrons. The quantitative estimate of drug-likeness (QED) is 0.699. The second kappa shape index (κ2) is 7.56. The van der Waals surface area contributed by atoms with Gasteiger partial charge in [0.15, 0.2) is 0 Å². The first-order valence-electron chi connectivity index (χ1n) is 6.48. The van der Waals surface area contributed by atoms with Crippen LogP contribution in [0, 0.1) is 11.8 Å². The van der Waals surface area contributed by atoms with Crippen molar-refractivity contribution in [3.8, 4) is 0 Å². The van der Waals surface area contributed by atoms with E-state index in [1.807, 2.05) is 11.8 Å². The Hall–Kier alpha value is 0.310. The monoisotopic (exact) mass is 229 g/mol. The van der Waals surface area contributed by atoms with Gasteiger partial charge in [-0.15, -0.1) is 0 Å². The van der Waals surface area contributed by atoms with Crippen LogP contribution in [0.5, 0.6) is 0 Å². The Morgan fingerprint density at radius 2 is 2.13 bits per heavy atom. The molecule has 0 aromatic rings. The average molecular weight is 229 g/mol. The maximum atomic E-state index is 3.52. The average Bonchev–Trinajstić information content (AvgIpc) is 2.29. The van der Waals surface area contributed by atoms with E-state index in [0.717, 1.165) is 17.9 Å². The first kappa shape index (κ1) is 13.4. The number of rotatable bonds is 6. The topological polar surface area (TPSA) is 12.0 Å². The van der Waals surface area contributed by atoms with Crippen molar-refractivity contribution in [1.29, 1.82) is 0 Å². The zero-order valence-corrected chi connectivity index (χ0v) is 11.4. The second-order valence-electron chi connectivity index (χ2n) is 4.88. The molecule has 0 aromatic carbocycles. The summed E-state index contributed by atoms with van der Waals surface area (Å²) in [7, 11) is 2.14. The van der Waals surface area contributed by atoms with E-state index in [1.165, 1.54) is 44.3 Å². The van der Waals surface area contributed by atoms with Gasteiger partial charge in [-0.2, -0.15) is 11.8 Å². The van der Waals surface area contributed by atoms with Crippen molar-refractivity contribution in [3.63, 3.8) is 0 Å². The van der Waals surface area contributed by atoms with Gasteiger partial charge in [-0.05, 0) is 63.0 Å². The number of hydrogen-bond acceptors (Lipinski definition) is 2. The van der Waals surface area contributed by atoms with Gasteiger partial charge in [0.2, 0.25) is 0 Å². The lowest BCUT2D eigenvalue weighted by atomic mass is 9.75. The van der Waals surface area contributed by atoms with Gasteiger partial charge < -0.3 is 5.32 Å². The molecule has 0 heterocycles. The highest BCUT2D eigenvalue weighted by Gasteiger charge is 2.27. The van der Waals surface area contributed by atoms with Crippen LogP contribution in [0.4, 0.5) is 0 Å². The first-order chi connectivity index (χ1) is 7.31. The second-order valence-corrected chi connectivity index (χ2v) is 5.86. The zero-order chi connectivity index (χ0) is 11.1. The Morgan fingerprint density at radius 3 is 2.73 bits per heavy atom. The third-order valence-corrected chi connectivity index (χ3v) is 4.66. The van der Waals surface area contributed by atoms with Crippen molar-refractivity contribution in [2.24, 2.45) is 11.8 Å². The fourth-order valence-corrected chi connectivity index (χ4v) is 3.38. The van der Waals surface area contributed by atoms with Crippen LogP contribution >= 0.6 is 11.8 Å². The predicted octanol–water partition coefficient (Wildman–Crippen LogP) is 3.54. The molecule has 0 aliphatic heterocycles. The summed E-state index contributed by atoms with van der Waals surface area (Å²) < 4.78 is 0. The van der Waals surface area contributed by atoms with E-state index in [2.05, 4.69) is 25.5 Å². The molecule has 3 unspecified atom stereocenters. The molecule has 1 saturated carbocycles. The van der Waals surface area contributed by atoms with Crippen LogP contribution in [0.1, 0.15) is 45.4 Å². The molecule has 1 aliphatic carbocycles. The summed E-state index contributed by atoms with van der Waals surface area (Å²) in [6.45, 7) is 2.35. The number of thioether (sulfide) groups is 1. The SMILES string of the molecule is CCC1CCC(NC)C(CCCSC)C1. The minimum Gasteiger partial charge on any atom is -0.317 e. The van der Waals surface area contributed by atoms with E-state index < -0.39 is 0 Å². The molecule has 0 amide bonds. The van der Waals surface area contributed by atoms with Gasteiger partial charge in [0.1, 0.15) is 0 Å². The van der Waals surface area contributed by atoms with Crippen LogP contribution < -0.4 is 5.32 Å². The summed E-state index contributed by atoms with van der Waals surface area (Å²) in [4.78, 5) is 0. The van der Waals surface area contributed by atoms with Crippen LogP contribution in [-0.2, 0) is 0 Å². The Balaban J connectivity index is 2.33. The summed E-state index contributed by atoms with van der Waals surface area (Å²) in [5.41, 5.74) is 0. The van der Waals surface area contributed by atoms with E-state index in [9.17, 15) is 0 Å². The van der Waals surface area contributed by atoms with Crippen LogP contribution in [0.3, 0.4) is 0 Å². The molecular formula is C13H27NS. The molecule has 0 saturated heterocycles. The summed E-state index contributed by atoms with van der Waals surface area (Å²) in [5.74, 6) is 3.29. The maximum Gasteiger partial charge on any atom is 0.00925 e. The van der Waals surface area contributed by atoms with Crippen LogP contribution in [0.25, 0.3) is 0 Å². The minimum absolute atomic E-state index is 0.801. The molecule has 0 bridgehead atoms. The Kier molecular flexibility index (Phi) is 6.74. The van der Waals surface area contributed by atoms with Crippen LogP contribution in [0.2, 0.25) is 0 Å². The molecule has 1 fully saturated rings. The molecule has 0 spiro atoms. The third kappa shape index (κ3) is 4.36. The summed E-state index contributed by atoms with van der Waals surface area (Å²) in [6.07, 6.45) is 10.8. The molecule has 15 heavy (non-hydrogen) atoms. The predicted molar refractivity (Wildman–Crippen MR) is 71.6 cm³/mol. The molecule has 2 heteroatoms.